The number of hydrogen-bond acceptors (Lipinski definition) is 1. The number of aromatic nitrogens is 1. The van der Waals surface area contributed by atoms with Crippen LogP contribution in [0.5, 0.6) is 0 Å². The molecule has 1 heterocycles. The zero-order valence-corrected chi connectivity index (χ0v) is 29.3. The largest absolute Gasteiger partial charge is 0.248 e. The maximum absolute atomic E-state index is 5.48. The molecule has 246 valence electrons. The average Bonchev–Trinajstić information content (AvgIpc) is 3.52. The van der Waals surface area contributed by atoms with E-state index in [0.29, 0.717) is 0 Å². The fourth-order valence-electron chi connectivity index (χ4n) is 9.22. The molecule has 7 aromatic carbocycles. The third kappa shape index (κ3) is 4.39. The Bertz CT molecular complexity index is 2600. The highest BCUT2D eigenvalue weighted by Crippen LogP contribution is 2.63. The van der Waals surface area contributed by atoms with E-state index < -0.39 is 5.41 Å². The first-order valence-electron chi connectivity index (χ1n) is 18.2. The maximum Gasteiger partial charge on any atom is 0.0722 e. The SMILES string of the molecule is CC1(C)c2ccccc2C2(c3ccccc3-c3c(-c4cc(-c5cccc(-c6ccccc6)c5)cc(-c5ccccc5)n4)cccc32)c2ccccc21. The standard InChI is InChI=1S/C51H37N/c1-50(2)42-26-11-13-28-44(42)51(45-29-14-12-27-43(45)50)41-25-10-9-23-39(41)49-40(24-16-30-46(49)51)48-33-38(32-47(52-48)35-19-7-4-8-20-35)37-22-15-21-36(31-37)34-17-5-3-6-18-34/h3-33H,1-2H3. The molecular formula is C51H37N. The van der Waals surface area contributed by atoms with Crippen molar-refractivity contribution >= 4 is 0 Å². The molecule has 1 nitrogen and oxygen atoms in total. The van der Waals surface area contributed by atoms with Gasteiger partial charge in [-0.05, 0) is 85.0 Å². The first-order valence-corrected chi connectivity index (χ1v) is 18.2. The number of hydrogen-bond donors (Lipinski definition) is 0. The molecule has 0 fully saturated rings. The first-order chi connectivity index (χ1) is 25.5. The van der Waals surface area contributed by atoms with Crippen LogP contribution < -0.4 is 0 Å². The van der Waals surface area contributed by atoms with Crippen molar-refractivity contribution in [3.8, 4) is 55.9 Å². The minimum Gasteiger partial charge on any atom is -0.248 e. The Morgan fingerprint density at radius 2 is 0.788 bits per heavy atom. The van der Waals surface area contributed by atoms with Crippen LogP contribution in [0.1, 0.15) is 47.2 Å². The Morgan fingerprint density at radius 1 is 0.327 bits per heavy atom. The van der Waals surface area contributed by atoms with Gasteiger partial charge in [-0.3, -0.25) is 0 Å². The summed E-state index contributed by atoms with van der Waals surface area (Å²) in [6, 6.07) is 68.9. The highest BCUT2D eigenvalue weighted by molar-refractivity contribution is 5.96. The third-order valence-corrected chi connectivity index (χ3v) is 11.6. The zero-order chi connectivity index (χ0) is 34.9. The Kier molecular flexibility index (Phi) is 6.82. The predicted molar refractivity (Wildman–Crippen MR) is 215 cm³/mol. The van der Waals surface area contributed by atoms with E-state index in [1.54, 1.807) is 0 Å². The van der Waals surface area contributed by atoms with E-state index in [1.165, 1.54) is 61.2 Å². The molecular weight excluding hydrogens is 627 g/mol. The molecule has 0 saturated heterocycles. The van der Waals surface area contributed by atoms with Crippen molar-refractivity contribution < 1.29 is 0 Å². The lowest BCUT2D eigenvalue weighted by Crippen LogP contribution is -2.40. The van der Waals surface area contributed by atoms with Crippen LogP contribution >= 0.6 is 0 Å². The van der Waals surface area contributed by atoms with Gasteiger partial charge in [-0.15, -0.1) is 0 Å². The van der Waals surface area contributed by atoms with E-state index in [9.17, 15) is 0 Å². The molecule has 0 bridgehead atoms. The van der Waals surface area contributed by atoms with Gasteiger partial charge in [-0.2, -0.15) is 0 Å². The normalized spacial score (nSPS) is 14.3. The molecule has 8 aromatic rings. The lowest BCUT2D eigenvalue weighted by atomic mass is 9.55. The number of benzene rings is 7. The summed E-state index contributed by atoms with van der Waals surface area (Å²) >= 11 is 0. The van der Waals surface area contributed by atoms with Crippen molar-refractivity contribution in [3.63, 3.8) is 0 Å². The predicted octanol–water partition coefficient (Wildman–Crippen LogP) is 12.8. The second kappa shape index (κ2) is 11.6. The molecule has 1 heteroatoms. The van der Waals surface area contributed by atoms with Crippen molar-refractivity contribution in [3.05, 3.63) is 221 Å². The van der Waals surface area contributed by atoms with Gasteiger partial charge in [0, 0.05) is 16.5 Å². The second-order valence-electron chi connectivity index (χ2n) is 14.7. The van der Waals surface area contributed by atoms with Crippen molar-refractivity contribution in [1.29, 1.82) is 0 Å². The average molecular weight is 664 g/mol. The first kappa shape index (κ1) is 30.5. The summed E-state index contributed by atoms with van der Waals surface area (Å²) in [6.45, 7) is 4.76. The number of rotatable bonds is 4. The summed E-state index contributed by atoms with van der Waals surface area (Å²) in [5.41, 5.74) is 19.0. The van der Waals surface area contributed by atoms with Crippen LogP contribution in [0.25, 0.3) is 55.9 Å². The summed E-state index contributed by atoms with van der Waals surface area (Å²) in [5.74, 6) is 0. The fourth-order valence-corrected chi connectivity index (χ4v) is 9.22. The number of pyridine rings is 1. The molecule has 1 spiro atoms. The molecule has 0 saturated carbocycles. The summed E-state index contributed by atoms with van der Waals surface area (Å²) in [6.07, 6.45) is 0. The lowest BCUT2D eigenvalue weighted by molar-refractivity contribution is 0.563. The van der Waals surface area contributed by atoms with E-state index >= 15 is 0 Å². The smallest absolute Gasteiger partial charge is 0.0722 e. The van der Waals surface area contributed by atoms with Crippen molar-refractivity contribution in [2.45, 2.75) is 24.7 Å². The van der Waals surface area contributed by atoms with E-state index in [2.05, 4.69) is 202 Å². The van der Waals surface area contributed by atoms with E-state index in [1.807, 2.05) is 0 Å². The highest BCUT2D eigenvalue weighted by atomic mass is 14.7. The van der Waals surface area contributed by atoms with Gasteiger partial charge in [0.1, 0.15) is 0 Å². The van der Waals surface area contributed by atoms with Gasteiger partial charge in [0.15, 0.2) is 0 Å². The molecule has 0 aliphatic heterocycles. The van der Waals surface area contributed by atoms with Crippen LogP contribution in [-0.2, 0) is 10.8 Å². The Labute approximate surface area is 305 Å². The minimum absolute atomic E-state index is 0.136. The van der Waals surface area contributed by atoms with Crippen molar-refractivity contribution in [2.24, 2.45) is 0 Å². The fraction of sp³-hybridized carbons (Fsp3) is 0.0784. The minimum atomic E-state index is -0.450. The van der Waals surface area contributed by atoms with E-state index in [-0.39, 0.29) is 5.41 Å². The van der Waals surface area contributed by atoms with Gasteiger partial charge in [0.05, 0.1) is 16.8 Å². The van der Waals surface area contributed by atoms with Crippen LogP contribution in [-0.4, -0.2) is 4.98 Å². The van der Waals surface area contributed by atoms with Crippen LogP contribution in [0, 0.1) is 0 Å². The third-order valence-electron chi connectivity index (χ3n) is 11.6. The molecule has 0 N–H and O–H groups in total. The molecule has 0 radical (unpaired) electrons. The Hall–Kier alpha value is -6.31. The van der Waals surface area contributed by atoms with Gasteiger partial charge in [-0.25, -0.2) is 4.98 Å². The zero-order valence-electron chi connectivity index (χ0n) is 29.3. The second-order valence-corrected chi connectivity index (χ2v) is 14.7. The molecule has 0 amide bonds. The van der Waals surface area contributed by atoms with E-state index in [4.69, 9.17) is 4.98 Å². The van der Waals surface area contributed by atoms with Gasteiger partial charge in [0.25, 0.3) is 0 Å². The molecule has 52 heavy (non-hydrogen) atoms. The van der Waals surface area contributed by atoms with Gasteiger partial charge in [0.2, 0.25) is 0 Å². The molecule has 2 aliphatic rings. The molecule has 2 aliphatic carbocycles. The summed E-state index contributed by atoms with van der Waals surface area (Å²) in [4.78, 5) is 5.48. The summed E-state index contributed by atoms with van der Waals surface area (Å²) in [5, 5.41) is 0. The maximum atomic E-state index is 5.48. The Balaban J connectivity index is 1.26. The molecule has 1 aromatic heterocycles. The van der Waals surface area contributed by atoms with Gasteiger partial charge in [-0.1, -0.05) is 184 Å². The van der Waals surface area contributed by atoms with Crippen LogP contribution in [0.15, 0.2) is 188 Å². The Morgan fingerprint density at radius 3 is 1.46 bits per heavy atom. The summed E-state index contributed by atoms with van der Waals surface area (Å²) in [7, 11) is 0. The molecule has 0 unspecified atom stereocenters. The van der Waals surface area contributed by atoms with Gasteiger partial charge < -0.3 is 0 Å². The lowest BCUT2D eigenvalue weighted by Gasteiger charge is -2.46. The molecule has 10 rings (SSSR count). The van der Waals surface area contributed by atoms with Crippen LogP contribution in [0.3, 0.4) is 0 Å². The number of fused-ring (bicyclic) bond motifs is 9. The summed E-state index contributed by atoms with van der Waals surface area (Å²) < 4.78 is 0. The van der Waals surface area contributed by atoms with Crippen molar-refractivity contribution in [1.82, 2.24) is 4.98 Å². The van der Waals surface area contributed by atoms with Crippen molar-refractivity contribution in [2.75, 3.05) is 0 Å². The van der Waals surface area contributed by atoms with E-state index in [0.717, 1.165) is 28.1 Å². The quantitative estimate of drug-likeness (QED) is 0.183. The number of nitrogens with zero attached hydrogens (tertiary/aromatic N) is 1. The van der Waals surface area contributed by atoms with Crippen LogP contribution in [0.4, 0.5) is 0 Å². The topological polar surface area (TPSA) is 12.9 Å². The highest BCUT2D eigenvalue weighted by Gasteiger charge is 2.53. The van der Waals surface area contributed by atoms with Gasteiger partial charge >= 0.3 is 0 Å². The molecule has 0 atom stereocenters. The monoisotopic (exact) mass is 663 g/mol. The van der Waals surface area contributed by atoms with Crippen LogP contribution in [0.2, 0.25) is 0 Å².